The third-order valence-corrected chi connectivity index (χ3v) is 3.80. The van der Waals surface area contributed by atoms with Gasteiger partial charge in [0.05, 0.1) is 5.02 Å². The highest BCUT2D eigenvalue weighted by Crippen LogP contribution is 2.25. The molecule has 0 saturated heterocycles. The van der Waals surface area contributed by atoms with Crippen LogP contribution in [0.4, 0.5) is 4.39 Å². The minimum Gasteiger partial charge on any atom is -0.479 e. The van der Waals surface area contributed by atoms with Crippen molar-refractivity contribution in [1.82, 2.24) is 0 Å². The normalized spacial score (nSPS) is 12.0. The molecule has 21 heavy (non-hydrogen) atoms. The van der Waals surface area contributed by atoms with E-state index in [1.165, 1.54) is 31.2 Å². The molecule has 0 radical (unpaired) electrons. The second-order valence-electron chi connectivity index (χ2n) is 4.32. The summed E-state index contributed by atoms with van der Waals surface area (Å²) in [6.07, 6.45) is -0.876. The minimum absolute atomic E-state index is 0.00383. The van der Waals surface area contributed by atoms with E-state index >= 15 is 0 Å². The number of hydrogen-bond acceptors (Lipinski definition) is 2. The molecule has 1 atom stereocenters. The van der Waals surface area contributed by atoms with Gasteiger partial charge in [-0.05, 0) is 43.3 Å². The molecule has 0 aliphatic carbocycles. The van der Waals surface area contributed by atoms with E-state index in [0.29, 0.717) is 9.50 Å². The van der Waals surface area contributed by atoms with Crippen molar-refractivity contribution in [1.29, 1.82) is 0 Å². The van der Waals surface area contributed by atoms with Gasteiger partial charge in [-0.2, -0.15) is 0 Å². The zero-order chi connectivity index (χ0) is 15.6. The summed E-state index contributed by atoms with van der Waals surface area (Å²) < 4.78 is 19.7. The number of carbonyl (C=O) groups excluding carboxylic acids is 1. The van der Waals surface area contributed by atoms with Gasteiger partial charge in [0.25, 0.3) is 0 Å². The number of halogens is 4. The largest absolute Gasteiger partial charge is 0.479 e. The van der Waals surface area contributed by atoms with Gasteiger partial charge in [-0.3, -0.25) is 4.79 Å². The summed E-state index contributed by atoms with van der Waals surface area (Å²) in [7, 11) is 0. The van der Waals surface area contributed by atoms with Crippen LogP contribution in [0.3, 0.4) is 0 Å². The van der Waals surface area contributed by atoms with Crippen molar-refractivity contribution in [2.75, 3.05) is 0 Å². The summed E-state index contributed by atoms with van der Waals surface area (Å²) in [5, 5.41) is 0.670. The Balaban J connectivity index is 2.19. The van der Waals surface area contributed by atoms with E-state index < -0.39 is 11.9 Å². The zero-order valence-electron chi connectivity index (χ0n) is 10.9. The summed E-state index contributed by atoms with van der Waals surface area (Å²) in [5.74, 6) is -0.894. The Kier molecular flexibility index (Phi) is 5.25. The summed E-state index contributed by atoms with van der Waals surface area (Å²) in [4.78, 5) is 12.3. The van der Waals surface area contributed by atoms with Crippen molar-refractivity contribution in [3.63, 3.8) is 0 Å². The molecule has 6 heteroatoms. The van der Waals surface area contributed by atoms with Crippen molar-refractivity contribution >= 4 is 44.9 Å². The standard InChI is InChI=1S/C15H10BrCl2FO2/c1-8(21-14-5-2-9(16)6-13(14)19)15(20)11-4-3-10(17)7-12(11)18/h2-8H,1H3. The molecule has 0 spiro atoms. The number of ketones is 1. The van der Waals surface area contributed by atoms with E-state index in [1.807, 2.05) is 0 Å². The quantitative estimate of drug-likeness (QED) is 0.639. The van der Waals surface area contributed by atoms with E-state index in [-0.39, 0.29) is 22.1 Å². The SMILES string of the molecule is CC(Oc1ccc(Br)cc1F)C(=O)c1ccc(Cl)cc1Cl. The lowest BCUT2D eigenvalue weighted by Gasteiger charge is -2.15. The number of carbonyl (C=O) groups is 1. The van der Waals surface area contributed by atoms with Gasteiger partial charge in [-0.1, -0.05) is 39.1 Å². The van der Waals surface area contributed by atoms with E-state index in [4.69, 9.17) is 27.9 Å². The maximum absolute atomic E-state index is 13.7. The predicted octanol–water partition coefficient (Wildman–Crippen LogP) is 5.55. The fourth-order valence-corrected chi connectivity index (χ4v) is 2.56. The second-order valence-corrected chi connectivity index (χ2v) is 6.08. The Bertz CT molecular complexity index is 691. The Morgan fingerprint density at radius 1 is 1.24 bits per heavy atom. The molecule has 0 fully saturated rings. The van der Waals surface area contributed by atoms with E-state index in [0.717, 1.165) is 0 Å². The molecule has 0 N–H and O–H groups in total. The molecular formula is C15H10BrCl2FO2. The smallest absolute Gasteiger partial charge is 0.204 e. The molecule has 110 valence electrons. The molecule has 2 rings (SSSR count). The fraction of sp³-hybridized carbons (Fsp3) is 0.133. The third kappa shape index (κ3) is 3.96. The molecule has 0 aliphatic heterocycles. The topological polar surface area (TPSA) is 26.3 Å². The summed E-state index contributed by atoms with van der Waals surface area (Å²) >= 11 is 14.9. The highest BCUT2D eigenvalue weighted by atomic mass is 79.9. The monoisotopic (exact) mass is 390 g/mol. The fourth-order valence-electron chi connectivity index (χ4n) is 1.72. The lowest BCUT2D eigenvalue weighted by Crippen LogP contribution is -2.24. The van der Waals surface area contributed by atoms with Gasteiger partial charge in [-0.25, -0.2) is 4.39 Å². The Morgan fingerprint density at radius 2 is 1.95 bits per heavy atom. The summed E-state index contributed by atoms with van der Waals surface area (Å²) in [6.45, 7) is 1.54. The lowest BCUT2D eigenvalue weighted by molar-refractivity contribution is 0.0812. The van der Waals surface area contributed by atoms with Crippen molar-refractivity contribution in [3.05, 3.63) is 62.3 Å². The van der Waals surface area contributed by atoms with Crippen LogP contribution in [0.2, 0.25) is 10.0 Å². The van der Waals surface area contributed by atoms with Gasteiger partial charge in [0.2, 0.25) is 5.78 Å². The maximum Gasteiger partial charge on any atom is 0.204 e. The van der Waals surface area contributed by atoms with Crippen LogP contribution in [-0.2, 0) is 0 Å². The molecule has 0 amide bonds. The molecule has 2 aromatic rings. The molecule has 0 heterocycles. The van der Waals surface area contributed by atoms with E-state index in [9.17, 15) is 9.18 Å². The average Bonchev–Trinajstić information content (AvgIpc) is 2.41. The van der Waals surface area contributed by atoms with Crippen LogP contribution in [0.5, 0.6) is 5.75 Å². The van der Waals surface area contributed by atoms with Crippen LogP contribution in [0.25, 0.3) is 0 Å². The number of hydrogen-bond donors (Lipinski definition) is 0. The van der Waals surface area contributed by atoms with Crippen molar-refractivity contribution in [2.24, 2.45) is 0 Å². The molecular weight excluding hydrogens is 382 g/mol. The van der Waals surface area contributed by atoms with Crippen LogP contribution < -0.4 is 4.74 Å². The molecule has 0 aromatic heterocycles. The van der Waals surface area contributed by atoms with Gasteiger partial charge >= 0.3 is 0 Å². The van der Waals surface area contributed by atoms with Crippen LogP contribution >= 0.6 is 39.1 Å². The molecule has 0 bridgehead atoms. The van der Waals surface area contributed by atoms with Gasteiger partial charge in [0, 0.05) is 15.1 Å². The molecule has 2 aromatic carbocycles. The molecule has 0 saturated carbocycles. The van der Waals surface area contributed by atoms with Gasteiger partial charge < -0.3 is 4.74 Å². The van der Waals surface area contributed by atoms with Crippen LogP contribution in [0, 0.1) is 5.82 Å². The number of benzene rings is 2. The van der Waals surface area contributed by atoms with Crippen LogP contribution in [0.15, 0.2) is 40.9 Å². The van der Waals surface area contributed by atoms with Gasteiger partial charge in [0.15, 0.2) is 17.7 Å². The summed E-state index contributed by atoms with van der Waals surface area (Å²) in [5.41, 5.74) is 0.283. The first-order valence-corrected chi connectivity index (χ1v) is 7.54. The van der Waals surface area contributed by atoms with Gasteiger partial charge in [-0.15, -0.1) is 0 Å². The number of ether oxygens (including phenoxy) is 1. The number of Topliss-reactive ketones (excluding diaryl/α,β-unsaturated/α-hetero) is 1. The zero-order valence-corrected chi connectivity index (χ0v) is 14.0. The lowest BCUT2D eigenvalue weighted by atomic mass is 10.1. The first-order chi connectivity index (χ1) is 9.88. The first-order valence-electron chi connectivity index (χ1n) is 5.99. The van der Waals surface area contributed by atoms with Crippen LogP contribution in [-0.4, -0.2) is 11.9 Å². The van der Waals surface area contributed by atoms with Crippen molar-refractivity contribution < 1.29 is 13.9 Å². The molecule has 2 nitrogen and oxygen atoms in total. The predicted molar refractivity (Wildman–Crippen MR) is 85.0 cm³/mol. The third-order valence-electron chi connectivity index (χ3n) is 2.76. The average molecular weight is 392 g/mol. The van der Waals surface area contributed by atoms with Crippen molar-refractivity contribution in [2.45, 2.75) is 13.0 Å². The second kappa shape index (κ2) is 6.77. The Morgan fingerprint density at radius 3 is 2.57 bits per heavy atom. The molecule has 1 unspecified atom stereocenters. The minimum atomic E-state index is -0.876. The van der Waals surface area contributed by atoms with Crippen molar-refractivity contribution in [3.8, 4) is 5.75 Å². The van der Waals surface area contributed by atoms with Crippen LogP contribution in [0.1, 0.15) is 17.3 Å². The van der Waals surface area contributed by atoms with E-state index in [1.54, 1.807) is 12.1 Å². The highest BCUT2D eigenvalue weighted by molar-refractivity contribution is 9.10. The Labute approximate surface area is 139 Å². The summed E-state index contributed by atoms with van der Waals surface area (Å²) in [6, 6.07) is 8.90. The first kappa shape index (κ1) is 16.3. The molecule has 0 aliphatic rings. The maximum atomic E-state index is 13.7. The highest BCUT2D eigenvalue weighted by Gasteiger charge is 2.21. The van der Waals surface area contributed by atoms with Gasteiger partial charge in [0.1, 0.15) is 0 Å². The number of rotatable bonds is 4. The Hall–Kier alpha value is -1.10. The van der Waals surface area contributed by atoms with E-state index in [2.05, 4.69) is 15.9 Å².